The van der Waals surface area contributed by atoms with E-state index in [9.17, 15) is 13.2 Å². The molecule has 0 unspecified atom stereocenters. The molecule has 1 aliphatic rings. The molecule has 0 radical (unpaired) electrons. The highest BCUT2D eigenvalue weighted by Gasteiger charge is 2.25. The number of amides is 1. The first kappa shape index (κ1) is 21.3. The number of nitrogens with one attached hydrogen (secondary N) is 1. The normalized spacial score (nSPS) is 15.4. The molecule has 1 N–H and O–H groups in total. The van der Waals surface area contributed by atoms with Gasteiger partial charge >= 0.3 is 0 Å². The fraction of sp³-hybridized carbons (Fsp3) is 0.304. The van der Waals surface area contributed by atoms with Gasteiger partial charge in [-0.3, -0.25) is 9.48 Å². The molecule has 1 fully saturated rings. The average Bonchev–Trinajstić information content (AvgIpc) is 3.03. The summed E-state index contributed by atoms with van der Waals surface area (Å²) < 4.78 is 29.3. The zero-order valence-corrected chi connectivity index (χ0v) is 18.1. The van der Waals surface area contributed by atoms with Gasteiger partial charge in [-0.1, -0.05) is 49.2 Å². The second kappa shape index (κ2) is 9.45. The van der Waals surface area contributed by atoms with Gasteiger partial charge in [-0.2, -0.15) is 9.40 Å². The topological polar surface area (TPSA) is 84.3 Å². The zero-order chi connectivity index (χ0) is 21.7. The molecular weight excluding hydrogens is 412 g/mol. The van der Waals surface area contributed by atoms with Gasteiger partial charge in [0, 0.05) is 24.8 Å². The third kappa shape index (κ3) is 5.21. The molecule has 1 aliphatic heterocycles. The van der Waals surface area contributed by atoms with Gasteiger partial charge < -0.3 is 5.32 Å². The number of hydrogen-bond acceptors (Lipinski definition) is 4. The van der Waals surface area contributed by atoms with E-state index in [1.54, 1.807) is 35.3 Å². The molecule has 0 bridgehead atoms. The van der Waals surface area contributed by atoms with Crippen molar-refractivity contribution in [2.24, 2.45) is 0 Å². The second-order valence-corrected chi connectivity index (χ2v) is 9.65. The van der Waals surface area contributed by atoms with Crippen molar-refractivity contribution in [1.82, 2.24) is 14.1 Å². The van der Waals surface area contributed by atoms with E-state index in [0.717, 1.165) is 31.2 Å². The summed E-state index contributed by atoms with van der Waals surface area (Å²) in [6, 6.07) is 16.1. The van der Waals surface area contributed by atoms with Gasteiger partial charge in [0.15, 0.2) is 0 Å². The number of carbonyl (C=O) groups is 1. The molecule has 4 rings (SSSR count). The Morgan fingerprint density at radius 3 is 2.45 bits per heavy atom. The number of carbonyl (C=O) groups excluding carboxylic acids is 1. The molecule has 162 valence electrons. The highest BCUT2D eigenvalue weighted by Crippen LogP contribution is 2.21. The molecule has 2 heterocycles. The van der Waals surface area contributed by atoms with Crippen LogP contribution in [-0.4, -0.2) is 41.5 Å². The first-order valence-electron chi connectivity index (χ1n) is 10.5. The lowest BCUT2D eigenvalue weighted by atomic mass is 10.2. The van der Waals surface area contributed by atoms with Crippen LogP contribution in [0.1, 0.15) is 41.6 Å². The van der Waals surface area contributed by atoms with E-state index in [4.69, 9.17) is 0 Å². The molecule has 1 amide bonds. The maximum atomic E-state index is 13.0. The largest absolute Gasteiger partial charge is 0.319 e. The number of hydrogen-bond donors (Lipinski definition) is 1. The van der Waals surface area contributed by atoms with Crippen molar-refractivity contribution < 1.29 is 13.2 Å². The summed E-state index contributed by atoms with van der Waals surface area (Å²) in [7, 11) is -3.61. The summed E-state index contributed by atoms with van der Waals surface area (Å²) >= 11 is 0. The van der Waals surface area contributed by atoms with Gasteiger partial charge in [-0.05, 0) is 36.6 Å². The van der Waals surface area contributed by atoms with E-state index < -0.39 is 10.0 Å². The Kier molecular flexibility index (Phi) is 6.48. The quantitative estimate of drug-likeness (QED) is 0.635. The fourth-order valence-electron chi connectivity index (χ4n) is 3.72. The van der Waals surface area contributed by atoms with E-state index in [1.165, 1.54) is 10.4 Å². The summed E-state index contributed by atoms with van der Waals surface area (Å²) in [5, 5.41) is 7.09. The number of sulfonamides is 1. The number of aromatic nitrogens is 2. The highest BCUT2D eigenvalue weighted by molar-refractivity contribution is 7.89. The molecule has 1 saturated heterocycles. The maximum Gasteiger partial charge on any atom is 0.255 e. The van der Waals surface area contributed by atoms with Crippen LogP contribution < -0.4 is 5.32 Å². The second-order valence-electron chi connectivity index (χ2n) is 7.71. The Hall–Kier alpha value is -2.97. The monoisotopic (exact) mass is 438 g/mol. The smallest absolute Gasteiger partial charge is 0.255 e. The number of anilines is 1. The SMILES string of the molecule is O=C(Nc1cnn(Cc2ccccc2)c1)c1cccc(S(=O)(=O)N2CCCCCC2)c1. The molecule has 0 saturated carbocycles. The minimum absolute atomic E-state index is 0.154. The van der Waals surface area contributed by atoms with Crippen LogP contribution in [0.15, 0.2) is 71.9 Å². The van der Waals surface area contributed by atoms with Crippen molar-refractivity contribution in [2.45, 2.75) is 37.1 Å². The lowest BCUT2D eigenvalue weighted by molar-refractivity contribution is 0.102. The van der Waals surface area contributed by atoms with Crippen molar-refractivity contribution >= 4 is 21.6 Å². The van der Waals surface area contributed by atoms with Gasteiger partial charge in [0.2, 0.25) is 10.0 Å². The predicted octanol–water partition coefficient (Wildman–Crippen LogP) is 3.75. The molecule has 1 aromatic heterocycles. The van der Waals surface area contributed by atoms with E-state index in [0.29, 0.717) is 30.9 Å². The standard InChI is InChI=1S/C23H26N4O3S/c28-23(25-21-16-24-26(18-21)17-19-9-4-3-5-10-19)20-11-8-12-22(15-20)31(29,30)27-13-6-1-2-7-14-27/h3-5,8-12,15-16,18H,1-2,6-7,13-14,17H2,(H,25,28). The zero-order valence-electron chi connectivity index (χ0n) is 17.3. The number of rotatable bonds is 6. The molecular formula is C23H26N4O3S. The third-order valence-electron chi connectivity index (χ3n) is 5.38. The minimum atomic E-state index is -3.61. The first-order chi connectivity index (χ1) is 15.0. The summed E-state index contributed by atoms with van der Waals surface area (Å²) in [6.45, 7) is 1.65. The Morgan fingerprint density at radius 2 is 1.71 bits per heavy atom. The minimum Gasteiger partial charge on any atom is -0.319 e. The van der Waals surface area contributed by atoms with Crippen molar-refractivity contribution in [1.29, 1.82) is 0 Å². The summed E-state index contributed by atoms with van der Waals surface area (Å²) in [5.74, 6) is -0.368. The molecule has 0 atom stereocenters. The van der Waals surface area contributed by atoms with Crippen molar-refractivity contribution in [3.63, 3.8) is 0 Å². The van der Waals surface area contributed by atoms with Gasteiger partial charge in [0.1, 0.15) is 0 Å². The van der Waals surface area contributed by atoms with Gasteiger partial charge in [0.05, 0.1) is 23.3 Å². The molecule has 0 aliphatic carbocycles. The molecule has 3 aromatic rings. The van der Waals surface area contributed by atoms with Crippen LogP contribution in [0.4, 0.5) is 5.69 Å². The molecule has 7 nitrogen and oxygen atoms in total. The summed E-state index contributed by atoms with van der Waals surface area (Å²) in [4.78, 5) is 12.9. The molecule has 0 spiro atoms. The third-order valence-corrected chi connectivity index (χ3v) is 7.27. The first-order valence-corrected chi connectivity index (χ1v) is 11.9. The predicted molar refractivity (Wildman–Crippen MR) is 119 cm³/mol. The van der Waals surface area contributed by atoms with E-state index in [-0.39, 0.29) is 10.8 Å². The van der Waals surface area contributed by atoms with Crippen molar-refractivity contribution in [3.8, 4) is 0 Å². The van der Waals surface area contributed by atoms with Gasteiger partial charge in [-0.15, -0.1) is 0 Å². The van der Waals surface area contributed by atoms with E-state index in [1.807, 2.05) is 30.3 Å². The molecule has 2 aromatic carbocycles. The van der Waals surface area contributed by atoms with Gasteiger partial charge in [-0.25, -0.2) is 8.42 Å². The van der Waals surface area contributed by atoms with Crippen LogP contribution >= 0.6 is 0 Å². The van der Waals surface area contributed by atoms with Crippen LogP contribution in [0.3, 0.4) is 0 Å². The Labute approximate surface area is 182 Å². The maximum absolute atomic E-state index is 13.0. The van der Waals surface area contributed by atoms with Crippen LogP contribution in [0, 0.1) is 0 Å². The Morgan fingerprint density at radius 1 is 0.968 bits per heavy atom. The van der Waals surface area contributed by atoms with Gasteiger partial charge in [0.25, 0.3) is 5.91 Å². The van der Waals surface area contributed by atoms with Crippen LogP contribution in [0.25, 0.3) is 0 Å². The number of nitrogens with zero attached hydrogens (tertiary/aromatic N) is 3. The lowest BCUT2D eigenvalue weighted by Gasteiger charge is -2.20. The van der Waals surface area contributed by atoms with E-state index >= 15 is 0 Å². The lowest BCUT2D eigenvalue weighted by Crippen LogP contribution is -2.32. The summed E-state index contributed by atoms with van der Waals surface area (Å²) in [6.07, 6.45) is 7.17. The number of benzene rings is 2. The highest BCUT2D eigenvalue weighted by atomic mass is 32.2. The fourth-order valence-corrected chi connectivity index (χ4v) is 5.28. The van der Waals surface area contributed by atoms with Crippen molar-refractivity contribution in [3.05, 3.63) is 78.1 Å². The van der Waals surface area contributed by atoms with Crippen LogP contribution in [0.2, 0.25) is 0 Å². The Bertz CT molecular complexity index is 1130. The van der Waals surface area contributed by atoms with Crippen LogP contribution in [-0.2, 0) is 16.6 Å². The van der Waals surface area contributed by atoms with E-state index in [2.05, 4.69) is 10.4 Å². The van der Waals surface area contributed by atoms with Crippen molar-refractivity contribution in [2.75, 3.05) is 18.4 Å². The average molecular weight is 439 g/mol. The summed E-state index contributed by atoms with van der Waals surface area (Å²) in [5.41, 5.74) is 1.96. The Balaban J connectivity index is 1.46. The molecule has 8 heteroatoms. The molecule has 31 heavy (non-hydrogen) atoms. The van der Waals surface area contributed by atoms with Crippen LogP contribution in [0.5, 0.6) is 0 Å².